The molecule has 0 amide bonds. The number of hydrogen-bond acceptors (Lipinski definition) is 4. The van der Waals surface area contributed by atoms with Crippen molar-refractivity contribution in [3.05, 3.63) is 52.5 Å². The minimum atomic E-state index is -0.0438. The highest BCUT2D eigenvalue weighted by Crippen LogP contribution is 2.65. The number of thiazole rings is 1. The highest BCUT2D eigenvalue weighted by Gasteiger charge is 2.58. The summed E-state index contributed by atoms with van der Waals surface area (Å²) in [6.07, 6.45) is 10.2. The molecule has 0 unspecified atom stereocenters. The smallest absolute Gasteiger partial charge is 0.183 e. The predicted octanol–water partition coefficient (Wildman–Crippen LogP) is 6.51. The molecule has 1 N–H and O–H groups in total. The molecule has 4 aliphatic carbocycles. The summed E-state index contributed by atoms with van der Waals surface area (Å²) < 4.78 is 0. The third-order valence-electron chi connectivity index (χ3n) is 9.28. The van der Waals surface area contributed by atoms with Crippen LogP contribution in [0, 0.1) is 28.6 Å². The van der Waals surface area contributed by atoms with Crippen LogP contribution in [0.5, 0.6) is 0 Å². The Morgan fingerprint density at radius 1 is 1.06 bits per heavy atom. The van der Waals surface area contributed by atoms with Crippen molar-refractivity contribution in [3.8, 4) is 0 Å². The van der Waals surface area contributed by atoms with Crippen LogP contribution in [-0.4, -0.2) is 10.8 Å². The number of benzene rings is 1. The van der Waals surface area contributed by atoms with Crippen LogP contribution in [0.4, 0.5) is 5.13 Å². The van der Waals surface area contributed by atoms with Crippen LogP contribution >= 0.6 is 11.3 Å². The lowest BCUT2D eigenvalue weighted by atomic mass is 9.48. The molecule has 1 aromatic heterocycles. The summed E-state index contributed by atoms with van der Waals surface area (Å²) in [5, 5.41) is 4.62. The number of anilines is 1. The zero-order valence-electron chi connectivity index (χ0n) is 18.6. The fourth-order valence-corrected chi connectivity index (χ4v) is 8.48. The molecule has 0 radical (unpaired) electrons. The van der Waals surface area contributed by atoms with Gasteiger partial charge in [0.1, 0.15) is 5.78 Å². The van der Waals surface area contributed by atoms with E-state index < -0.39 is 0 Å². The van der Waals surface area contributed by atoms with Gasteiger partial charge in [0.25, 0.3) is 0 Å². The molecule has 31 heavy (non-hydrogen) atoms. The van der Waals surface area contributed by atoms with Gasteiger partial charge < -0.3 is 5.32 Å². The van der Waals surface area contributed by atoms with Gasteiger partial charge in [0.15, 0.2) is 5.13 Å². The van der Waals surface area contributed by atoms with Crippen LogP contribution in [-0.2, 0) is 17.8 Å². The second-order valence-electron chi connectivity index (χ2n) is 10.7. The van der Waals surface area contributed by atoms with Crippen molar-refractivity contribution in [2.45, 2.75) is 65.3 Å². The zero-order chi connectivity index (χ0) is 21.2. The maximum atomic E-state index is 12.7. The van der Waals surface area contributed by atoms with E-state index in [2.05, 4.69) is 55.6 Å². The van der Waals surface area contributed by atoms with Crippen molar-refractivity contribution in [2.24, 2.45) is 28.6 Å². The molecular formula is C27H32N2OS. The maximum absolute atomic E-state index is 12.7. The van der Waals surface area contributed by atoms with E-state index in [9.17, 15) is 4.79 Å². The third kappa shape index (κ3) is 2.90. The topological polar surface area (TPSA) is 42.0 Å². The number of nitrogens with one attached hydrogen (secondary N) is 1. The van der Waals surface area contributed by atoms with Crippen LogP contribution in [0.3, 0.4) is 0 Å². The van der Waals surface area contributed by atoms with Crippen LogP contribution in [0.15, 0.2) is 36.4 Å². The van der Waals surface area contributed by atoms with Gasteiger partial charge in [0.2, 0.25) is 0 Å². The summed E-state index contributed by atoms with van der Waals surface area (Å²) in [6.45, 7) is 5.60. The van der Waals surface area contributed by atoms with Crippen LogP contribution in [0.25, 0.3) is 5.57 Å². The molecule has 6 rings (SSSR count). The number of carbonyl (C=O) groups is 1. The van der Waals surface area contributed by atoms with E-state index in [1.807, 2.05) is 11.3 Å². The number of aromatic nitrogens is 1. The number of carbonyl (C=O) groups excluding carboxylic acids is 1. The van der Waals surface area contributed by atoms with E-state index in [-0.39, 0.29) is 10.8 Å². The van der Waals surface area contributed by atoms with E-state index in [0.717, 1.165) is 43.8 Å². The number of aryl methyl sites for hydroxylation is 1. The fraction of sp³-hybridized carbons (Fsp3) is 0.556. The minimum Gasteiger partial charge on any atom is -0.357 e. The molecule has 2 fully saturated rings. The zero-order valence-corrected chi connectivity index (χ0v) is 19.4. The van der Waals surface area contributed by atoms with Crippen LogP contribution in [0.2, 0.25) is 0 Å². The Labute approximate surface area is 189 Å². The quantitative estimate of drug-likeness (QED) is 0.601. The molecule has 1 heterocycles. The monoisotopic (exact) mass is 432 g/mol. The highest BCUT2D eigenvalue weighted by molar-refractivity contribution is 7.15. The summed E-state index contributed by atoms with van der Waals surface area (Å²) in [5.74, 6) is 2.51. The minimum absolute atomic E-state index is 0.0438. The first kappa shape index (κ1) is 19.7. The number of hydrogen-bond donors (Lipinski definition) is 1. The lowest BCUT2D eigenvalue weighted by molar-refractivity contribution is -0.131. The van der Waals surface area contributed by atoms with Crippen molar-refractivity contribution in [1.29, 1.82) is 0 Å². The number of allylic oxidation sites excluding steroid dienone is 2. The third-order valence-corrected chi connectivity index (χ3v) is 10.4. The summed E-state index contributed by atoms with van der Waals surface area (Å²) in [7, 11) is 0. The molecule has 2 aromatic rings. The summed E-state index contributed by atoms with van der Waals surface area (Å²) in [5.41, 5.74) is 4.23. The molecule has 1 aromatic carbocycles. The molecule has 5 atom stereocenters. The van der Waals surface area contributed by atoms with Crippen LogP contribution in [0.1, 0.15) is 68.5 Å². The highest BCUT2D eigenvalue weighted by atomic mass is 32.1. The van der Waals surface area contributed by atoms with Crippen molar-refractivity contribution in [1.82, 2.24) is 4.98 Å². The van der Waals surface area contributed by atoms with Gasteiger partial charge in [0.05, 0.1) is 5.69 Å². The van der Waals surface area contributed by atoms with Crippen molar-refractivity contribution in [3.63, 3.8) is 0 Å². The molecule has 162 valence electrons. The van der Waals surface area contributed by atoms with Gasteiger partial charge in [-0.1, -0.05) is 50.3 Å². The summed E-state index contributed by atoms with van der Waals surface area (Å²) in [4.78, 5) is 19.2. The van der Waals surface area contributed by atoms with Gasteiger partial charge in [-0.3, -0.25) is 4.79 Å². The Kier molecular flexibility index (Phi) is 4.47. The van der Waals surface area contributed by atoms with Gasteiger partial charge in [-0.15, -0.1) is 11.3 Å². The second kappa shape index (κ2) is 7.03. The fourth-order valence-electron chi connectivity index (χ4n) is 7.51. The molecule has 4 heteroatoms. The lowest BCUT2D eigenvalue weighted by Gasteiger charge is -2.55. The van der Waals surface area contributed by atoms with Crippen molar-refractivity contribution < 1.29 is 4.79 Å². The van der Waals surface area contributed by atoms with Gasteiger partial charge in [-0.2, -0.15) is 0 Å². The Morgan fingerprint density at radius 3 is 2.71 bits per heavy atom. The Hall–Kier alpha value is -1.94. The Morgan fingerprint density at radius 2 is 1.87 bits per heavy atom. The Balaban J connectivity index is 1.29. The average Bonchev–Trinajstić information content (AvgIpc) is 3.33. The number of rotatable bonds is 3. The van der Waals surface area contributed by atoms with Crippen LogP contribution < -0.4 is 5.32 Å². The van der Waals surface area contributed by atoms with Crippen molar-refractivity contribution in [2.75, 3.05) is 5.32 Å². The Bertz CT molecular complexity index is 1060. The standard InChI is InChI=1S/C27H32N2OS/c1-26-15-13-22-24(29-25(31-22)28-16-17-6-4-3-5-7-17)21(26)9-8-18-19-10-11-23(30)27(19,2)14-12-20(18)26/h3-7,9,18-20H,8,10-16H2,1-2H3,(H,28,29)/t18-,19-,20-,26+,27-/m0/s1. The molecule has 3 nitrogen and oxygen atoms in total. The summed E-state index contributed by atoms with van der Waals surface area (Å²) >= 11 is 1.85. The van der Waals surface area contributed by atoms with E-state index in [1.54, 1.807) is 0 Å². The van der Waals surface area contributed by atoms with Gasteiger partial charge in [-0.25, -0.2) is 4.98 Å². The molecule has 2 saturated carbocycles. The molecule has 0 spiro atoms. The van der Waals surface area contributed by atoms with Gasteiger partial charge in [0, 0.05) is 23.3 Å². The predicted molar refractivity (Wildman–Crippen MR) is 127 cm³/mol. The largest absolute Gasteiger partial charge is 0.357 e. The SMILES string of the molecule is C[C@]12CCc3sc(NCc4ccccc4)nc3C1=CC[C@@H]1[C@@H]2CC[C@]2(C)C(=O)CC[C@@H]12. The first-order chi connectivity index (χ1) is 15.0. The maximum Gasteiger partial charge on any atom is 0.183 e. The summed E-state index contributed by atoms with van der Waals surface area (Å²) in [6, 6.07) is 10.6. The molecule has 4 aliphatic rings. The first-order valence-electron chi connectivity index (χ1n) is 12.0. The number of fused-ring (bicyclic) bond motifs is 7. The normalized spacial score (nSPS) is 36.1. The number of ketones is 1. The van der Waals surface area contributed by atoms with E-state index >= 15 is 0 Å². The van der Waals surface area contributed by atoms with E-state index in [4.69, 9.17) is 4.98 Å². The van der Waals surface area contributed by atoms with Gasteiger partial charge in [-0.05, 0) is 72.8 Å². The number of nitrogens with zero attached hydrogens (tertiary/aromatic N) is 1. The lowest BCUT2D eigenvalue weighted by Crippen LogP contribution is -2.49. The molecule has 0 aliphatic heterocycles. The molecule has 0 bridgehead atoms. The van der Waals surface area contributed by atoms with Gasteiger partial charge >= 0.3 is 0 Å². The number of Topliss-reactive ketones (excluding diaryl/α,β-unsaturated/α-hetero) is 1. The molecule has 0 saturated heterocycles. The van der Waals surface area contributed by atoms with Crippen molar-refractivity contribution >= 4 is 27.8 Å². The van der Waals surface area contributed by atoms with E-state index in [0.29, 0.717) is 23.5 Å². The van der Waals surface area contributed by atoms with E-state index in [1.165, 1.54) is 34.5 Å². The molecular weight excluding hydrogens is 400 g/mol. The second-order valence-corrected chi connectivity index (χ2v) is 11.8. The first-order valence-corrected chi connectivity index (χ1v) is 12.8. The average molecular weight is 433 g/mol.